The van der Waals surface area contributed by atoms with Gasteiger partial charge < -0.3 is 4.74 Å². The van der Waals surface area contributed by atoms with E-state index in [1.165, 1.54) is 23.5 Å². The minimum Gasteiger partial charge on any atom is -0.444 e. The Morgan fingerprint density at radius 2 is 2.12 bits per heavy atom. The molecule has 126 valence electrons. The Morgan fingerprint density at radius 3 is 2.79 bits per heavy atom. The molecule has 5 rings (SSSR count). The Kier molecular flexibility index (Phi) is 4.24. The van der Waals surface area contributed by atoms with E-state index in [1.54, 1.807) is 6.07 Å². The molecule has 1 aromatic heterocycles. The van der Waals surface area contributed by atoms with Crippen LogP contribution in [0.1, 0.15) is 12.8 Å². The third kappa shape index (κ3) is 3.16. The molecule has 0 radical (unpaired) electrons. The van der Waals surface area contributed by atoms with Crippen LogP contribution in [0.3, 0.4) is 0 Å². The largest absolute Gasteiger partial charge is 0.444 e. The highest BCUT2D eigenvalue weighted by Crippen LogP contribution is 2.32. The molecule has 1 aromatic carbocycles. The van der Waals surface area contributed by atoms with Crippen molar-refractivity contribution in [2.75, 3.05) is 25.0 Å². The topological polar surface area (TPSA) is 41.6 Å². The van der Waals surface area contributed by atoms with Crippen LogP contribution in [0, 0.1) is 11.7 Å². The van der Waals surface area contributed by atoms with Crippen molar-refractivity contribution in [3.05, 3.63) is 40.8 Å². The van der Waals surface area contributed by atoms with E-state index in [2.05, 4.69) is 10.2 Å². The molecular weight excluding hydrogens is 327 g/mol. The first-order valence-corrected chi connectivity index (χ1v) is 9.15. The predicted molar refractivity (Wildman–Crippen MR) is 92.8 cm³/mol. The molecule has 1 N–H and O–H groups in total. The van der Waals surface area contributed by atoms with Gasteiger partial charge in [-0.1, -0.05) is 0 Å². The number of nitrogens with zero attached hydrogens (tertiary/aromatic N) is 1. The number of thiophene rings is 1. The molecule has 0 spiro atoms. The first-order chi connectivity index (χ1) is 11.7. The Labute approximate surface area is 144 Å². The lowest BCUT2D eigenvalue weighted by Gasteiger charge is -2.43. The number of anilines is 1. The molecule has 3 aliphatic rings. The molecule has 4 heterocycles. The van der Waals surface area contributed by atoms with Crippen molar-refractivity contribution in [1.29, 1.82) is 0 Å². The number of amides is 1. The van der Waals surface area contributed by atoms with Crippen molar-refractivity contribution >= 4 is 23.1 Å². The van der Waals surface area contributed by atoms with Crippen LogP contribution in [0.25, 0.3) is 11.1 Å². The van der Waals surface area contributed by atoms with Crippen molar-refractivity contribution < 1.29 is 13.9 Å². The number of benzene rings is 1. The van der Waals surface area contributed by atoms with E-state index in [4.69, 9.17) is 4.74 Å². The van der Waals surface area contributed by atoms with Gasteiger partial charge in [0.1, 0.15) is 11.9 Å². The number of ether oxygens (including phenoxy) is 1. The van der Waals surface area contributed by atoms with Gasteiger partial charge in [-0.3, -0.25) is 10.2 Å². The molecule has 0 saturated carbocycles. The fraction of sp³-hybridized carbons (Fsp3) is 0.389. The number of hydrogen-bond acceptors (Lipinski definition) is 4. The zero-order chi connectivity index (χ0) is 16.5. The molecule has 4 nitrogen and oxygen atoms in total. The number of piperidine rings is 3. The van der Waals surface area contributed by atoms with Gasteiger partial charge in [0, 0.05) is 12.1 Å². The van der Waals surface area contributed by atoms with Crippen LogP contribution in [0.5, 0.6) is 0 Å². The lowest BCUT2D eigenvalue weighted by molar-refractivity contribution is -0.0289. The average Bonchev–Trinajstić information content (AvgIpc) is 3.12. The molecular formula is C18H19FN2O2S. The molecule has 24 heavy (non-hydrogen) atoms. The fourth-order valence-electron chi connectivity index (χ4n) is 3.60. The fourth-order valence-corrected chi connectivity index (χ4v) is 4.26. The molecule has 3 fully saturated rings. The summed E-state index contributed by atoms with van der Waals surface area (Å²) in [5.74, 6) is 0.137. The van der Waals surface area contributed by atoms with Gasteiger partial charge in [-0.2, -0.15) is 11.3 Å². The quantitative estimate of drug-likeness (QED) is 0.906. The summed E-state index contributed by atoms with van der Waals surface area (Å²) in [5, 5.41) is 6.65. The van der Waals surface area contributed by atoms with Crippen LogP contribution in [-0.4, -0.2) is 36.7 Å². The van der Waals surface area contributed by atoms with E-state index in [9.17, 15) is 9.18 Å². The van der Waals surface area contributed by atoms with Crippen molar-refractivity contribution in [2.45, 2.75) is 18.9 Å². The molecule has 6 heteroatoms. The van der Waals surface area contributed by atoms with E-state index in [0.29, 0.717) is 17.2 Å². The second kappa shape index (κ2) is 6.53. The normalized spacial score (nSPS) is 25.5. The van der Waals surface area contributed by atoms with Crippen molar-refractivity contribution in [3.8, 4) is 11.1 Å². The minimum absolute atomic E-state index is 0.0439. The smallest absolute Gasteiger partial charge is 0.411 e. The van der Waals surface area contributed by atoms with E-state index < -0.39 is 6.09 Å². The molecule has 1 amide bonds. The number of rotatable bonds is 3. The van der Waals surface area contributed by atoms with Crippen LogP contribution in [0.15, 0.2) is 35.0 Å². The van der Waals surface area contributed by atoms with Gasteiger partial charge in [-0.05, 0) is 72.4 Å². The van der Waals surface area contributed by atoms with E-state index in [1.807, 2.05) is 16.8 Å². The van der Waals surface area contributed by atoms with Crippen molar-refractivity contribution in [2.24, 2.45) is 5.92 Å². The zero-order valence-electron chi connectivity index (χ0n) is 13.2. The SMILES string of the molecule is O=C(Nc1ccc(F)cc1-c1ccsc1)O[C@H]1C[N@]2CC[C@H]1CC2. The van der Waals surface area contributed by atoms with Gasteiger partial charge in [-0.25, -0.2) is 9.18 Å². The van der Waals surface area contributed by atoms with Crippen molar-refractivity contribution in [1.82, 2.24) is 4.90 Å². The number of nitrogens with one attached hydrogen (secondary N) is 1. The summed E-state index contributed by atoms with van der Waals surface area (Å²) in [6.07, 6.45) is 1.68. The zero-order valence-corrected chi connectivity index (χ0v) is 14.0. The number of fused-ring (bicyclic) bond motifs is 3. The number of halogens is 1. The van der Waals surface area contributed by atoms with Gasteiger partial charge >= 0.3 is 6.09 Å². The van der Waals surface area contributed by atoms with Gasteiger partial charge in [-0.15, -0.1) is 0 Å². The number of carbonyl (C=O) groups is 1. The average molecular weight is 346 g/mol. The molecule has 1 atom stereocenters. The summed E-state index contributed by atoms with van der Waals surface area (Å²) in [4.78, 5) is 14.7. The molecule has 2 aromatic rings. The number of carbonyl (C=O) groups excluding carboxylic acids is 1. The lowest BCUT2D eigenvalue weighted by Crippen LogP contribution is -2.52. The maximum Gasteiger partial charge on any atom is 0.411 e. The third-order valence-electron chi connectivity index (χ3n) is 4.91. The summed E-state index contributed by atoms with van der Waals surface area (Å²) < 4.78 is 19.3. The molecule has 3 aliphatic heterocycles. The molecule has 2 bridgehead atoms. The van der Waals surface area contributed by atoms with Crippen molar-refractivity contribution in [3.63, 3.8) is 0 Å². The standard InChI is InChI=1S/C18H19FN2O2S/c19-14-1-2-16(15(9-14)13-5-8-24-11-13)20-18(22)23-17-10-21-6-3-12(17)4-7-21/h1-2,5,8-9,11-12,17H,3-4,6-7,10H2,(H,20,22)/t17-/m0/s1. The van der Waals surface area contributed by atoms with Gasteiger partial charge in [0.25, 0.3) is 0 Å². The van der Waals surface area contributed by atoms with Gasteiger partial charge in [0.05, 0.1) is 5.69 Å². The van der Waals surface area contributed by atoms with Crippen LogP contribution >= 0.6 is 11.3 Å². The van der Waals surface area contributed by atoms with Gasteiger partial charge in [0.15, 0.2) is 0 Å². The summed E-state index contributed by atoms with van der Waals surface area (Å²) in [7, 11) is 0. The van der Waals surface area contributed by atoms with E-state index in [0.717, 1.165) is 38.0 Å². The maximum absolute atomic E-state index is 13.6. The Bertz CT molecular complexity index is 727. The van der Waals surface area contributed by atoms with Crippen LogP contribution in [0.2, 0.25) is 0 Å². The van der Waals surface area contributed by atoms with E-state index in [-0.39, 0.29) is 11.9 Å². The summed E-state index contributed by atoms with van der Waals surface area (Å²) in [5.41, 5.74) is 2.13. The summed E-state index contributed by atoms with van der Waals surface area (Å²) >= 11 is 1.53. The highest BCUT2D eigenvalue weighted by atomic mass is 32.1. The van der Waals surface area contributed by atoms with Crippen LogP contribution in [-0.2, 0) is 4.74 Å². The van der Waals surface area contributed by atoms with Crippen LogP contribution < -0.4 is 5.32 Å². The minimum atomic E-state index is -0.461. The molecule has 0 unspecified atom stereocenters. The second-order valence-electron chi connectivity index (χ2n) is 6.41. The monoisotopic (exact) mass is 346 g/mol. The second-order valence-corrected chi connectivity index (χ2v) is 7.19. The Morgan fingerprint density at radius 1 is 1.29 bits per heavy atom. The first kappa shape index (κ1) is 15.6. The summed E-state index contributed by atoms with van der Waals surface area (Å²) in [6, 6.07) is 6.27. The highest BCUT2D eigenvalue weighted by molar-refractivity contribution is 7.08. The molecule has 0 aliphatic carbocycles. The first-order valence-electron chi connectivity index (χ1n) is 8.21. The third-order valence-corrected chi connectivity index (χ3v) is 5.59. The Hall–Kier alpha value is -1.92. The van der Waals surface area contributed by atoms with Gasteiger partial charge in [0.2, 0.25) is 0 Å². The lowest BCUT2D eigenvalue weighted by atomic mass is 9.86. The Balaban J connectivity index is 1.48. The van der Waals surface area contributed by atoms with Crippen LogP contribution in [0.4, 0.5) is 14.9 Å². The maximum atomic E-state index is 13.6. The molecule has 3 saturated heterocycles. The summed E-state index contributed by atoms with van der Waals surface area (Å²) in [6.45, 7) is 3.03. The van der Waals surface area contributed by atoms with E-state index >= 15 is 0 Å². The highest BCUT2D eigenvalue weighted by Gasteiger charge is 2.36. The number of hydrogen-bond donors (Lipinski definition) is 1. The predicted octanol–water partition coefficient (Wildman–Crippen LogP) is 4.20.